The second kappa shape index (κ2) is 6.43. The quantitative estimate of drug-likeness (QED) is 0.918. The van der Waals surface area contributed by atoms with Crippen LogP contribution in [-0.2, 0) is 0 Å². The molecule has 0 atom stereocenters. The predicted molar refractivity (Wildman–Crippen MR) is 75.2 cm³/mol. The normalized spacial score (nSPS) is 10.5. The van der Waals surface area contributed by atoms with Gasteiger partial charge in [0.25, 0.3) is 0 Å². The summed E-state index contributed by atoms with van der Waals surface area (Å²) in [5.41, 5.74) is 0.0316. The summed E-state index contributed by atoms with van der Waals surface area (Å²) >= 11 is 0. The number of halogens is 2. The average Bonchev–Trinajstić information content (AvgIpc) is 2.49. The van der Waals surface area contributed by atoms with Crippen LogP contribution in [0.2, 0.25) is 0 Å². The van der Waals surface area contributed by atoms with Crippen molar-refractivity contribution in [2.24, 2.45) is 0 Å². The molecule has 1 heterocycles. The Bertz CT molecular complexity index is 649. The number of aryl methyl sites for hydroxylation is 1. The lowest BCUT2D eigenvalue weighted by Gasteiger charge is -2.09. The van der Waals surface area contributed by atoms with Crippen molar-refractivity contribution in [3.63, 3.8) is 0 Å². The third kappa shape index (κ3) is 3.24. The van der Waals surface area contributed by atoms with E-state index in [1.165, 1.54) is 19.2 Å². The van der Waals surface area contributed by atoms with Crippen LogP contribution in [0.3, 0.4) is 0 Å². The first-order chi connectivity index (χ1) is 10.1. The monoisotopic (exact) mass is 294 g/mol. The lowest BCUT2D eigenvalue weighted by atomic mass is 10.1. The van der Waals surface area contributed by atoms with Gasteiger partial charge in [0.05, 0.1) is 12.7 Å². The highest BCUT2D eigenvalue weighted by Gasteiger charge is 2.18. The summed E-state index contributed by atoms with van der Waals surface area (Å²) < 4.78 is 33.1. The predicted octanol–water partition coefficient (Wildman–Crippen LogP) is 2.96. The number of hydrogen-bond acceptors (Lipinski definition) is 5. The van der Waals surface area contributed by atoms with E-state index in [-0.39, 0.29) is 23.3 Å². The first-order valence-corrected chi connectivity index (χ1v) is 6.55. The fraction of sp³-hybridized carbons (Fsp3) is 0.357. The Balaban J connectivity index is 2.55. The number of nitrogens with one attached hydrogen (secondary N) is 1. The van der Waals surface area contributed by atoms with Crippen molar-refractivity contribution in [2.75, 3.05) is 19.0 Å². The molecule has 21 heavy (non-hydrogen) atoms. The minimum absolute atomic E-state index is 0.00101. The smallest absolute Gasteiger partial charge is 0.321 e. The molecule has 0 unspecified atom stereocenters. The minimum atomic E-state index is -0.729. The van der Waals surface area contributed by atoms with Gasteiger partial charge in [-0.1, -0.05) is 13.0 Å². The zero-order chi connectivity index (χ0) is 15.4. The van der Waals surface area contributed by atoms with Gasteiger partial charge >= 0.3 is 6.01 Å². The molecule has 5 nitrogen and oxygen atoms in total. The number of anilines is 1. The van der Waals surface area contributed by atoms with Crippen molar-refractivity contribution < 1.29 is 13.5 Å². The molecule has 0 fully saturated rings. The standard InChI is InChI=1S/C14H16F2N4O/c1-4-7-17-13-18-12(19-14(20-13)21-3)10-9(15)6-5-8(2)11(10)16/h5-6H,4,7H2,1-3H3,(H,17,18,19,20). The average molecular weight is 294 g/mol. The van der Waals surface area contributed by atoms with Crippen molar-refractivity contribution in [2.45, 2.75) is 20.3 Å². The summed E-state index contributed by atoms with van der Waals surface area (Å²) in [7, 11) is 1.38. The van der Waals surface area contributed by atoms with Gasteiger partial charge in [0.1, 0.15) is 11.6 Å². The van der Waals surface area contributed by atoms with Crippen LogP contribution in [0.25, 0.3) is 11.4 Å². The fourth-order valence-electron chi connectivity index (χ4n) is 1.74. The van der Waals surface area contributed by atoms with Crippen LogP contribution in [0.4, 0.5) is 14.7 Å². The first kappa shape index (κ1) is 15.1. The molecule has 0 aliphatic rings. The molecule has 0 saturated heterocycles. The summed E-state index contributed by atoms with van der Waals surface area (Å²) in [5, 5.41) is 2.95. The number of ether oxygens (including phenoxy) is 1. The van der Waals surface area contributed by atoms with Crippen LogP contribution in [0.5, 0.6) is 6.01 Å². The molecule has 0 bridgehead atoms. The number of benzene rings is 1. The van der Waals surface area contributed by atoms with E-state index in [4.69, 9.17) is 4.74 Å². The molecule has 112 valence electrons. The minimum Gasteiger partial charge on any atom is -0.467 e. The van der Waals surface area contributed by atoms with Gasteiger partial charge in [0.15, 0.2) is 5.82 Å². The number of nitrogens with zero attached hydrogens (tertiary/aromatic N) is 3. The van der Waals surface area contributed by atoms with Gasteiger partial charge < -0.3 is 10.1 Å². The maximum atomic E-state index is 14.2. The third-order valence-electron chi connectivity index (χ3n) is 2.84. The first-order valence-electron chi connectivity index (χ1n) is 6.55. The molecule has 0 aliphatic carbocycles. The van der Waals surface area contributed by atoms with Gasteiger partial charge in [-0.25, -0.2) is 8.78 Å². The summed E-state index contributed by atoms with van der Waals surface area (Å²) in [6.07, 6.45) is 0.858. The van der Waals surface area contributed by atoms with Crippen molar-refractivity contribution in [3.8, 4) is 17.4 Å². The molecular formula is C14H16F2N4O. The highest BCUT2D eigenvalue weighted by Crippen LogP contribution is 2.26. The summed E-state index contributed by atoms with van der Waals surface area (Å²) in [6.45, 7) is 4.16. The lowest BCUT2D eigenvalue weighted by molar-refractivity contribution is 0.379. The Morgan fingerprint density at radius 3 is 2.62 bits per heavy atom. The Morgan fingerprint density at radius 2 is 1.95 bits per heavy atom. The number of methoxy groups -OCH3 is 1. The Kier molecular flexibility index (Phi) is 4.62. The van der Waals surface area contributed by atoms with Crippen LogP contribution in [-0.4, -0.2) is 28.6 Å². The summed E-state index contributed by atoms with van der Waals surface area (Å²) in [5.74, 6) is -1.30. The van der Waals surface area contributed by atoms with E-state index in [9.17, 15) is 8.78 Å². The molecule has 7 heteroatoms. The van der Waals surface area contributed by atoms with E-state index < -0.39 is 11.6 Å². The zero-order valence-corrected chi connectivity index (χ0v) is 12.1. The molecule has 0 spiro atoms. The molecule has 2 rings (SSSR count). The van der Waals surface area contributed by atoms with Crippen molar-refractivity contribution in [1.82, 2.24) is 15.0 Å². The molecule has 1 aromatic heterocycles. The van der Waals surface area contributed by atoms with E-state index in [0.29, 0.717) is 12.1 Å². The maximum Gasteiger partial charge on any atom is 0.321 e. The second-order valence-electron chi connectivity index (χ2n) is 4.45. The lowest BCUT2D eigenvalue weighted by Crippen LogP contribution is -2.09. The van der Waals surface area contributed by atoms with Crippen LogP contribution in [0.15, 0.2) is 12.1 Å². The Morgan fingerprint density at radius 1 is 1.19 bits per heavy atom. The largest absolute Gasteiger partial charge is 0.467 e. The molecule has 2 aromatic rings. The van der Waals surface area contributed by atoms with E-state index in [0.717, 1.165) is 6.42 Å². The molecule has 1 N–H and O–H groups in total. The van der Waals surface area contributed by atoms with E-state index >= 15 is 0 Å². The van der Waals surface area contributed by atoms with Crippen LogP contribution >= 0.6 is 0 Å². The van der Waals surface area contributed by atoms with Crippen LogP contribution in [0, 0.1) is 18.6 Å². The maximum absolute atomic E-state index is 14.2. The second-order valence-corrected chi connectivity index (χ2v) is 4.45. The molecular weight excluding hydrogens is 278 g/mol. The summed E-state index contributed by atoms with van der Waals surface area (Å²) in [6, 6.07) is 2.55. The molecule has 0 aliphatic heterocycles. The number of rotatable bonds is 5. The van der Waals surface area contributed by atoms with E-state index in [1.807, 2.05) is 6.92 Å². The molecule has 0 amide bonds. The molecule has 0 saturated carbocycles. The molecule has 1 aromatic carbocycles. The van der Waals surface area contributed by atoms with Crippen LogP contribution < -0.4 is 10.1 Å². The zero-order valence-electron chi connectivity index (χ0n) is 12.1. The van der Waals surface area contributed by atoms with Gasteiger partial charge in [-0.3, -0.25) is 0 Å². The molecule has 0 radical (unpaired) electrons. The van der Waals surface area contributed by atoms with Gasteiger partial charge in [-0.2, -0.15) is 15.0 Å². The Hall–Kier alpha value is -2.31. The van der Waals surface area contributed by atoms with E-state index in [1.54, 1.807) is 6.92 Å². The highest BCUT2D eigenvalue weighted by molar-refractivity contribution is 5.59. The van der Waals surface area contributed by atoms with Crippen molar-refractivity contribution in [1.29, 1.82) is 0 Å². The van der Waals surface area contributed by atoms with Gasteiger partial charge in [-0.05, 0) is 25.0 Å². The van der Waals surface area contributed by atoms with E-state index in [2.05, 4.69) is 20.3 Å². The summed E-state index contributed by atoms with van der Waals surface area (Å²) in [4.78, 5) is 12.0. The van der Waals surface area contributed by atoms with Crippen molar-refractivity contribution >= 4 is 5.95 Å². The van der Waals surface area contributed by atoms with Gasteiger partial charge in [-0.15, -0.1) is 0 Å². The van der Waals surface area contributed by atoms with Crippen molar-refractivity contribution in [3.05, 3.63) is 29.3 Å². The topological polar surface area (TPSA) is 59.9 Å². The SMILES string of the molecule is CCCNc1nc(OC)nc(-c2c(F)ccc(C)c2F)n1. The van der Waals surface area contributed by atoms with Gasteiger partial charge in [0, 0.05) is 6.54 Å². The fourth-order valence-corrected chi connectivity index (χ4v) is 1.74. The Labute approximate surface area is 121 Å². The number of hydrogen-bond donors (Lipinski definition) is 1. The number of aromatic nitrogens is 3. The highest BCUT2D eigenvalue weighted by atomic mass is 19.1. The third-order valence-corrected chi connectivity index (χ3v) is 2.84. The van der Waals surface area contributed by atoms with Gasteiger partial charge in [0.2, 0.25) is 5.95 Å². The van der Waals surface area contributed by atoms with Crippen LogP contribution in [0.1, 0.15) is 18.9 Å².